The Kier molecular flexibility index (Phi) is 6.49. The van der Waals surface area contributed by atoms with Crippen LogP contribution >= 0.6 is 24.0 Å². The molecule has 0 amide bonds. The van der Waals surface area contributed by atoms with Crippen LogP contribution in [0.1, 0.15) is 51.8 Å². The van der Waals surface area contributed by atoms with Crippen molar-refractivity contribution >= 4 is 24.0 Å². The van der Waals surface area contributed by atoms with Crippen molar-refractivity contribution in [3.8, 4) is 0 Å². The Hall–Kier alpha value is -0.180. The van der Waals surface area contributed by atoms with Crippen molar-refractivity contribution in [2.24, 2.45) is 5.92 Å². The summed E-state index contributed by atoms with van der Waals surface area (Å²) in [7, 11) is 0. The molecule has 3 atom stereocenters. The summed E-state index contributed by atoms with van der Waals surface area (Å²) in [6.45, 7) is 9.58. The van der Waals surface area contributed by atoms with E-state index in [4.69, 9.17) is 4.74 Å². The summed E-state index contributed by atoms with van der Waals surface area (Å²) >= 11 is 0. The molecule has 0 saturated carbocycles. The number of ether oxygens (including phenoxy) is 1. The molecule has 2 aliphatic rings. The van der Waals surface area contributed by atoms with Crippen LogP contribution in [0.4, 0.5) is 0 Å². The number of nitrogens with zero attached hydrogens (tertiary/aromatic N) is 3. The lowest BCUT2D eigenvalue weighted by molar-refractivity contribution is -0.123. The fourth-order valence-corrected chi connectivity index (χ4v) is 3.84. The number of hydrogen-bond acceptors (Lipinski definition) is 4. The van der Waals surface area contributed by atoms with E-state index in [2.05, 4.69) is 36.1 Å². The average Bonchev–Trinajstić information content (AvgIpc) is 3.08. The lowest BCUT2D eigenvalue weighted by Gasteiger charge is -2.43. The van der Waals surface area contributed by atoms with Crippen LogP contribution in [0.3, 0.4) is 0 Å². The van der Waals surface area contributed by atoms with Crippen molar-refractivity contribution in [2.45, 2.75) is 64.3 Å². The van der Waals surface area contributed by atoms with E-state index in [1.165, 1.54) is 6.42 Å². The maximum atomic E-state index is 10.7. The second-order valence-electron chi connectivity index (χ2n) is 7.35. The average molecular weight is 435 g/mol. The zero-order valence-electron chi connectivity index (χ0n) is 14.4. The molecule has 6 heteroatoms. The van der Waals surface area contributed by atoms with Crippen LogP contribution < -0.4 is 0 Å². The van der Waals surface area contributed by atoms with Crippen molar-refractivity contribution in [1.82, 2.24) is 14.7 Å². The molecule has 5 nitrogen and oxygen atoms in total. The molecule has 0 aromatic carbocycles. The van der Waals surface area contributed by atoms with E-state index < -0.39 is 5.60 Å². The summed E-state index contributed by atoms with van der Waals surface area (Å²) in [5, 5.41) is 15.4. The van der Waals surface area contributed by atoms with Gasteiger partial charge in [0.2, 0.25) is 0 Å². The maximum absolute atomic E-state index is 10.7. The van der Waals surface area contributed by atoms with E-state index in [1.54, 1.807) is 0 Å². The van der Waals surface area contributed by atoms with Crippen molar-refractivity contribution < 1.29 is 9.84 Å². The molecule has 0 spiro atoms. The topological polar surface area (TPSA) is 50.5 Å². The van der Waals surface area contributed by atoms with Gasteiger partial charge in [0.1, 0.15) is 0 Å². The molecule has 2 fully saturated rings. The van der Waals surface area contributed by atoms with E-state index in [9.17, 15) is 5.11 Å². The van der Waals surface area contributed by atoms with Crippen molar-refractivity contribution in [2.75, 3.05) is 19.8 Å². The molecular formula is C17H30IN3O2. The highest BCUT2D eigenvalue weighted by molar-refractivity contribution is 14.0. The molecule has 0 bridgehead atoms. The van der Waals surface area contributed by atoms with E-state index in [1.807, 2.05) is 11.6 Å². The summed E-state index contributed by atoms with van der Waals surface area (Å²) in [4.78, 5) is 2.49. The van der Waals surface area contributed by atoms with Crippen molar-refractivity contribution in [3.63, 3.8) is 0 Å². The van der Waals surface area contributed by atoms with Gasteiger partial charge in [0.15, 0.2) is 0 Å². The molecule has 3 unspecified atom stereocenters. The van der Waals surface area contributed by atoms with Gasteiger partial charge in [-0.05, 0) is 52.6 Å². The third-order valence-electron chi connectivity index (χ3n) is 5.29. The largest absolute Gasteiger partial charge is 0.390 e. The highest BCUT2D eigenvalue weighted by Crippen LogP contribution is 2.36. The SMILES string of the molecule is CC(C)n1ccc(CN2CCCC2C2COCCC2(C)O)n1.I. The highest BCUT2D eigenvalue weighted by atomic mass is 127. The minimum atomic E-state index is -0.608. The van der Waals surface area contributed by atoms with E-state index in [-0.39, 0.29) is 29.9 Å². The number of likely N-dealkylation sites (tertiary alicyclic amines) is 1. The molecule has 0 radical (unpaired) electrons. The second-order valence-corrected chi connectivity index (χ2v) is 7.35. The molecule has 23 heavy (non-hydrogen) atoms. The monoisotopic (exact) mass is 435 g/mol. The Morgan fingerprint density at radius 2 is 2.26 bits per heavy atom. The molecule has 1 aromatic heterocycles. The van der Waals surface area contributed by atoms with E-state index in [0.717, 1.165) is 31.6 Å². The summed E-state index contributed by atoms with van der Waals surface area (Å²) in [5.41, 5.74) is 0.514. The van der Waals surface area contributed by atoms with Gasteiger partial charge in [-0.15, -0.1) is 24.0 Å². The van der Waals surface area contributed by atoms with Gasteiger partial charge in [0.05, 0.1) is 17.9 Å². The maximum Gasteiger partial charge on any atom is 0.0764 e. The minimum Gasteiger partial charge on any atom is -0.390 e. The Bertz CT molecular complexity index is 504. The van der Waals surface area contributed by atoms with Crippen molar-refractivity contribution in [3.05, 3.63) is 18.0 Å². The molecular weight excluding hydrogens is 405 g/mol. The Balaban J connectivity index is 0.00000192. The lowest BCUT2D eigenvalue weighted by atomic mass is 9.79. The zero-order chi connectivity index (χ0) is 15.7. The first-order chi connectivity index (χ1) is 10.5. The van der Waals surface area contributed by atoms with Gasteiger partial charge in [-0.2, -0.15) is 5.10 Å². The van der Waals surface area contributed by atoms with Crippen LogP contribution in [0.5, 0.6) is 0 Å². The predicted octanol–water partition coefficient (Wildman–Crippen LogP) is 2.83. The van der Waals surface area contributed by atoms with E-state index in [0.29, 0.717) is 25.3 Å². The Labute approximate surface area is 156 Å². The molecule has 132 valence electrons. The molecule has 1 N–H and O–H groups in total. The Morgan fingerprint density at radius 3 is 2.91 bits per heavy atom. The van der Waals surface area contributed by atoms with Crippen LogP contribution in [-0.4, -0.2) is 51.2 Å². The molecule has 3 heterocycles. The first kappa shape index (κ1) is 19.1. The molecule has 1 aromatic rings. The fraction of sp³-hybridized carbons (Fsp3) is 0.824. The molecule has 0 aliphatic carbocycles. The predicted molar refractivity (Wildman–Crippen MR) is 101 cm³/mol. The van der Waals surface area contributed by atoms with Gasteiger partial charge < -0.3 is 9.84 Å². The summed E-state index contributed by atoms with van der Waals surface area (Å²) < 4.78 is 7.67. The first-order valence-corrected chi connectivity index (χ1v) is 8.55. The molecule has 3 rings (SSSR count). The van der Waals surface area contributed by atoms with Crippen LogP contribution in [-0.2, 0) is 11.3 Å². The summed E-state index contributed by atoms with van der Waals surface area (Å²) in [6, 6.07) is 2.92. The van der Waals surface area contributed by atoms with Crippen LogP contribution in [0.2, 0.25) is 0 Å². The number of halogens is 1. The van der Waals surface area contributed by atoms with E-state index >= 15 is 0 Å². The minimum absolute atomic E-state index is 0. The number of aromatic nitrogens is 2. The van der Waals surface area contributed by atoms with Gasteiger partial charge in [-0.1, -0.05) is 0 Å². The van der Waals surface area contributed by atoms with Gasteiger partial charge in [0, 0.05) is 37.4 Å². The van der Waals surface area contributed by atoms with Crippen LogP contribution in [0.15, 0.2) is 12.3 Å². The number of hydrogen-bond donors (Lipinski definition) is 1. The summed E-state index contributed by atoms with van der Waals surface area (Å²) in [6.07, 6.45) is 5.14. The third-order valence-corrected chi connectivity index (χ3v) is 5.29. The first-order valence-electron chi connectivity index (χ1n) is 8.55. The standard InChI is InChI=1S/C17H29N3O2.HI/c1-13(2)20-9-6-14(18-20)11-19-8-4-5-16(19)15-12-22-10-7-17(15,3)21;/h6,9,13,15-16,21H,4-5,7-8,10-12H2,1-3H3;1H. The third kappa shape index (κ3) is 4.27. The Morgan fingerprint density at radius 1 is 1.48 bits per heavy atom. The van der Waals surface area contributed by atoms with Gasteiger partial charge in [0.25, 0.3) is 0 Å². The highest BCUT2D eigenvalue weighted by Gasteiger charge is 2.44. The number of rotatable bonds is 4. The number of aliphatic hydroxyl groups is 1. The fourth-order valence-electron chi connectivity index (χ4n) is 3.84. The zero-order valence-corrected chi connectivity index (χ0v) is 16.8. The van der Waals surface area contributed by atoms with Gasteiger partial charge in [-0.25, -0.2) is 0 Å². The molecule has 2 aliphatic heterocycles. The van der Waals surface area contributed by atoms with Crippen LogP contribution in [0, 0.1) is 5.92 Å². The van der Waals surface area contributed by atoms with Crippen molar-refractivity contribution in [1.29, 1.82) is 0 Å². The van der Waals surface area contributed by atoms with Gasteiger partial charge >= 0.3 is 0 Å². The van der Waals surface area contributed by atoms with Crippen LogP contribution in [0.25, 0.3) is 0 Å². The summed E-state index contributed by atoms with van der Waals surface area (Å²) in [5.74, 6) is 0.205. The lowest BCUT2D eigenvalue weighted by Crippen LogP contribution is -2.52. The molecule has 2 saturated heterocycles. The van der Waals surface area contributed by atoms with Gasteiger partial charge in [-0.3, -0.25) is 9.58 Å². The normalized spacial score (nSPS) is 32.2. The second kappa shape index (κ2) is 7.80. The smallest absolute Gasteiger partial charge is 0.0764 e. The quantitative estimate of drug-likeness (QED) is 0.740.